The molecule has 0 spiro atoms. The average molecular weight is 514 g/mol. The first-order chi connectivity index (χ1) is 16.5. The maximum Gasteiger partial charge on any atom is 0.307 e. The summed E-state index contributed by atoms with van der Waals surface area (Å²) in [6.45, 7) is 9.47. The number of rotatable bonds is 15. The molecule has 0 fully saturated rings. The zero-order valence-electron chi connectivity index (χ0n) is 20.9. The van der Waals surface area contributed by atoms with Crippen molar-refractivity contribution in [3.05, 3.63) is 12.7 Å². The number of carbonyl (C=O) groups excluding carboxylic acids is 2. The van der Waals surface area contributed by atoms with Gasteiger partial charge in [0.05, 0.1) is 44.0 Å². The van der Waals surface area contributed by atoms with Crippen LogP contribution in [-0.2, 0) is 34.9 Å². The lowest BCUT2D eigenvalue weighted by molar-refractivity contribution is -0.148. The second kappa shape index (κ2) is 13.5. The summed E-state index contributed by atoms with van der Waals surface area (Å²) in [6.07, 6.45) is 2.03. The standard InChI is InChI=1S/C21H36N7O6P/c1-14(2)33-17(29)6-8-26-35(31,27-9-7-18(30)34-15(3)4)13-32-16(5)10-28-12-25-19-20(22)23-11-24-21(19)28/h11-12,14-16H,6-10,13H2,1-5H3,(H2,22,23,24)(H2,26,27,31). The van der Waals surface area contributed by atoms with Gasteiger partial charge in [0.2, 0.25) is 7.44 Å². The number of imidazole rings is 1. The molecule has 0 aliphatic rings. The Morgan fingerprint density at radius 1 is 1.00 bits per heavy atom. The van der Waals surface area contributed by atoms with Crippen LogP contribution in [0.5, 0.6) is 0 Å². The number of aromatic nitrogens is 4. The van der Waals surface area contributed by atoms with Gasteiger partial charge >= 0.3 is 11.9 Å². The lowest BCUT2D eigenvalue weighted by Crippen LogP contribution is -2.31. The van der Waals surface area contributed by atoms with Crippen molar-refractivity contribution in [3.63, 3.8) is 0 Å². The van der Waals surface area contributed by atoms with E-state index in [2.05, 4.69) is 25.1 Å². The number of nitrogens with zero attached hydrogens (tertiary/aromatic N) is 4. The molecule has 4 N–H and O–H groups in total. The summed E-state index contributed by atoms with van der Waals surface area (Å²) in [5, 5.41) is 5.75. The van der Waals surface area contributed by atoms with Gasteiger partial charge in [0.1, 0.15) is 18.2 Å². The molecule has 2 rings (SSSR count). The minimum Gasteiger partial charge on any atom is -0.463 e. The summed E-state index contributed by atoms with van der Waals surface area (Å²) in [5.41, 5.74) is 6.89. The largest absolute Gasteiger partial charge is 0.463 e. The number of carbonyl (C=O) groups is 2. The SMILES string of the molecule is CC(C)OC(=O)CCNP(=O)(COC(C)Cn1cnc2c(N)ncnc21)NCCC(=O)OC(C)C. The van der Waals surface area contributed by atoms with Gasteiger partial charge in [0, 0.05) is 13.1 Å². The Morgan fingerprint density at radius 3 is 2.11 bits per heavy atom. The van der Waals surface area contributed by atoms with E-state index in [-0.39, 0.29) is 56.4 Å². The molecule has 0 amide bonds. The Morgan fingerprint density at radius 2 is 1.57 bits per heavy atom. The third kappa shape index (κ3) is 9.88. The van der Waals surface area contributed by atoms with Gasteiger partial charge in [-0.05, 0) is 34.6 Å². The Balaban J connectivity index is 1.95. The maximum absolute atomic E-state index is 13.5. The molecule has 2 aromatic heterocycles. The fraction of sp³-hybridized carbons (Fsp3) is 0.667. The fourth-order valence-corrected chi connectivity index (χ4v) is 4.77. The molecule has 35 heavy (non-hydrogen) atoms. The van der Waals surface area contributed by atoms with Crippen molar-refractivity contribution in [2.45, 2.75) is 72.3 Å². The molecule has 14 heteroatoms. The molecular weight excluding hydrogens is 477 g/mol. The molecule has 1 atom stereocenters. The summed E-state index contributed by atoms with van der Waals surface area (Å²) in [6, 6.07) is 0. The Hall–Kier alpha value is -2.60. The van der Waals surface area contributed by atoms with E-state index >= 15 is 0 Å². The van der Waals surface area contributed by atoms with Crippen LogP contribution in [0, 0.1) is 0 Å². The summed E-state index contributed by atoms with van der Waals surface area (Å²) >= 11 is 0. The summed E-state index contributed by atoms with van der Waals surface area (Å²) in [5.74, 6) is -0.517. The number of hydrogen-bond acceptors (Lipinski definition) is 10. The number of nitrogens with two attached hydrogens (primary N) is 1. The molecule has 0 radical (unpaired) electrons. The Labute approximate surface area is 205 Å². The predicted octanol–water partition coefficient (Wildman–Crippen LogP) is 1.83. The molecule has 2 heterocycles. The fourth-order valence-electron chi connectivity index (χ4n) is 3.06. The quantitative estimate of drug-likeness (QED) is 0.233. The molecule has 0 bridgehead atoms. The Bertz CT molecular complexity index is 997. The van der Waals surface area contributed by atoms with Crippen LogP contribution < -0.4 is 15.9 Å². The van der Waals surface area contributed by atoms with Crippen molar-refractivity contribution in [2.24, 2.45) is 0 Å². The molecule has 0 aliphatic carbocycles. The van der Waals surface area contributed by atoms with E-state index in [0.29, 0.717) is 17.7 Å². The molecule has 0 saturated heterocycles. The number of ether oxygens (including phenoxy) is 3. The van der Waals surface area contributed by atoms with Crippen LogP contribution in [0.4, 0.5) is 5.82 Å². The number of fused-ring (bicyclic) bond motifs is 1. The van der Waals surface area contributed by atoms with E-state index in [4.69, 9.17) is 19.9 Å². The first-order valence-corrected chi connectivity index (χ1v) is 13.4. The lowest BCUT2D eigenvalue weighted by atomic mass is 10.4. The van der Waals surface area contributed by atoms with E-state index in [1.807, 2.05) is 6.92 Å². The number of esters is 2. The first-order valence-electron chi connectivity index (χ1n) is 11.5. The highest BCUT2D eigenvalue weighted by atomic mass is 31.2. The Kier molecular flexibility index (Phi) is 11.0. The molecule has 196 valence electrons. The van der Waals surface area contributed by atoms with Crippen molar-refractivity contribution in [2.75, 3.05) is 25.2 Å². The van der Waals surface area contributed by atoms with Crippen molar-refractivity contribution >= 4 is 36.4 Å². The van der Waals surface area contributed by atoms with E-state index in [1.54, 1.807) is 38.6 Å². The van der Waals surface area contributed by atoms with Gasteiger partial charge in [0.25, 0.3) is 0 Å². The zero-order valence-corrected chi connectivity index (χ0v) is 21.8. The normalized spacial score (nSPS) is 12.9. The van der Waals surface area contributed by atoms with Gasteiger partial charge in [-0.1, -0.05) is 0 Å². The highest BCUT2D eigenvalue weighted by Gasteiger charge is 2.24. The van der Waals surface area contributed by atoms with Gasteiger partial charge in [0.15, 0.2) is 11.5 Å². The van der Waals surface area contributed by atoms with E-state index in [9.17, 15) is 14.2 Å². The monoisotopic (exact) mass is 513 g/mol. The van der Waals surface area contributed by atoms with Crippen LogP contribution in [0.2, 0.25) is 0 Å². The van der Waals surface area contributed by atoms with E-state index in [0.717, 1.165) is 0 Å². The minimum absolute atomic E-state index is 0.0386. The van der Waals surface area contributed by atoms with Crippen LogP contribution >= 0.6 is 7.44 Å². The van der Waals surface area contributed by atoms with Gasteiger partial charge in [-0.25, -0.2) is 15.0 Å². The van der Waals surface area contributed by atoms with Gasteiger partial charge < -0.3 is 24.5 Å². The lowest BCUT2D eigenvalue weighted by Gasteiger charge is -2.23. The average Bonchev–Trinajstić information content (AvgIpc) is 3.15. The molecule has 0 aromatic carbocycles. The van der Waals surface area contributed by atoms with Gasteiger partial charge in [-0.2, -0.15) is 0 Å². The van der Waals surface area contributed by atoms with E-state index < -0.39 is 19.4 Å². The number of nitrogen functional groups attached to an aromatic ring is 1. The summed E-state index contributed by atoms with van der Waals surface area (Å²) in [7, 11) is -3.31. The topological polar surface area (TPSA) is 173 Å². The van der Waals surface area contributed by atoms with Crippen LogP contribution in [0.25, 0.3) is 11.2 Å². The second-order valence-electron chi connectivity index (χ2n) is 8.57. The molecule has 0 saturated carbocycles. The van der Waals surface area contributed by atoms with Crippen molar-refractivity contribution in [1.29, 1.82) is 0 Å². The van der Waals surface area contributed by atoms with Crippen molar-refractivity contribution in [1.82, 2.24) is 29.7 Å². The van der Waals surface area contributed by atoms with Crippen LogP contribution in [0.15, 0.2) is 12.7 Å². The third-order valence-electron chi connectivity index (χ3n) is 4.55. The molecule has 0 aliphatic heterocycles. The number of nitrogens with one attached hydrogen (secondary N) is 2. The van der Waals surface area contributed by atoms with Crippen LogP contribution in [0.3, 0.4) is 0 Å². The van der Waals surface area contributed by atoms with Crippen LogP contribution in [-0.4, -0.2) is 69.2 Å². The number of anilines is 1. The maximum atomic E-state index is 13.5. The molecule has 13 nitrogen and oxygen atoms in total. The van der Waals surface area contributed by atoms with Gasteiger partial charge in [-0.3, -0.25) is 24.3 Å². The summed E-state index contributed by atoms with van der Waals surface area (Å²) < 4.78 is 31.3. The van der Waals surface area contributed by atoms with Crippen LogP contribution in [0.1, 0.15) is 47.5 Å². The zero-order chi connectivity index (χ0) is 26.0. The highest BCUT2D eigenvalue weighted by Crippen LogP contribution is 2.36. The highest BCUT2D eigenvalue weighted by molar-refractivity contribution is 7.59. The smallest absolute Gasteiger partial charge is 0.307 e. The molecular formula is C21H36N7O6P. The van der Waals surface area contributed by atoms with E-state index in [1.165, 1.54) is 6.33 Å². The molecule has 2 aromatic rings. The predicted molar refractivity (Wildman–Crippen MR) is 130 cm³/mol. The first kappa shape index (κ1) is 28.6. The minimum atomic E-state index is -3.31. The van der Waals surface area contributed by atoms with Crippen molar-refractivity contribution < 1.29 is 28.4 Å². The molecule has 1 unspecified atom stereocenters. The number of hydrogen-bond donors (Lipinski definition) is 3. The summed E-state index contributed by atoms with van der Waals surface area (Å²) in [4.78, 5) is 36.0. The second-order valence-corrected chi connectivity index (χ2v) is 10.9. The van der Waals surface area contributed by atoms with Crippen molar-refractivity contribution in [3.8, 4) is 0 Å². The third-order valence-corrected chi connectivity index (χ3v) is 6.53. The van der Waals surface area contributed by atoms with Gasteiger partial charge in [-0.15, -0.1) is 0 Å².